The van der Waals surface area contributed by atoms with Crippen molar-refractivity contribution in [3.63, 3.8) is 0 Å². The van der Waals surface area contributed by atoms with Crippen LogP contribution in [0.15, 0.2) is 23.8 Å². The van der Waals surface area contributed by atoms with Gasteiger partial charge in [-0.25, -0.2) is 0 Å². The molecule has 0 amide bonds. The highest BCUT2D eigenvalue weighted by atomic mass is 79.9. The lowest BCUT2D eigenvalue weighted by Gasteiger charge is -2.14. The zero-order valence-corrected chi connectivity index (χ0v) is 14.0. The first-order valence-electron chi connectivity index (χ1n) is 6.59. The van der Waals surface area contributed by atoms with Crippen LogP contribution >= 0.6 is 15.9 Å². The van der Waals surface area contributed by atoms with Crippen LogP contribution in [0.3, 0.4) is 0 Å². The van der Waals surface area contributed by atoms with Crippen molar-refractivity contribution in [2.75, 3.05) is 12.4 Å². The van der Waals surface area contributed by atoms with Crippen LogP contribution in [0.5, 0.6) is 11.5 Å². The third kappa shape index (κ3) is 4.90. The Hall–Kier alpha value is -0.960. The molecule has 0 fully saturated rings. The summed E-state index contributed by atoms with van der Waals surface area (Å²) in [6, 6.07) is 6.05. The van der Waals surface area contributed by atoms with E-state index in [1.807, 2.05) is 26.0 Å². The molecule has 0 N–H and O–H groups in total. The molecule has 106 valence electrons. The highest BCUT2D eigenvalue weighted by molar-refractivity contribution is 9.09. The molecule has 0 saturated heterocycles. The Morgan fingerprint density at radius 3 is 2.37 bits per heavy atom. The average Bonchev–Trinajstić information content (AvgIpc) is 2.36. The van der Waals surface area contributed by atoms with Gasteiger partial charge in [-0.05, 0) is 37.5 Å². The van der Waals surface area contributed by atoms with Gasteiger partial charge in [-0.2, -0.15) is 0 Å². The predicted octanol–water partition coefficient (Wildman–Crippen LogP) is 4.92. The fraction of sp³-hybridized carbons (Fsp3) is 0.500. The summed E-state index contributed by atoms with van der Waals surface area (Å²) in [4.78, 5) is 0. The third-order valence-corrected chi connectivity index (χ3v) is 3.45. The highest BCUT2D eigenvalue weighted by Gasteiger charge is 2.08. The first kappa shape index (κ1) is 16.1. The van der Waals surface area contributed by atoms with Crippen LogP contribution in [0.2, 0.25) is 0 Å². The van der Waals surface area contributed by atoms with Crippen molar-refractivity contribution < 1.29 is 9.47 Å². The molecule has 0 saturated carbocycles. The number of hydrogen-bond acceptors (Lipinski definition) is 2. The quantitative estimate of drug-likeness (QED) is 0.691. The molecular weight excluding hydrogens is 304 g/mol. The van der Waals surface area contributed by atoms with E-state index in [1.54, 1.807) is 7.11 Å². The Morgan fingerprint density at radius 1 is 1.21 bits per heavy atom. The van der Waals surface area contributed by atoms with Crippen LogP contribution in [0.4, 0.5) is 0 Å². The van der Waals surface area contributed by atoms with Gasteiger partial charge < -0.3 is 9.47 Å². The number of allylic oxidation sites excluding steroid dienone is 1. The molecule has 2 nitrogen and oxygen atoms in total. The van der Waals surface area contributed by atoms with Gasteiger partial charge in [0.15, 0.2) is 11.5 Å². The number of hydrogen-bond donors (Lipinski definition) is 0. The Balaban J connectivity index is 3.06. The molecule has 0 spiro atoms. The molecule has 0 radical (unpaired) electrons. The monoisotopic (exact) mass is 326 g/mol. The molecule has 0 aliphatic carbocycles. The lowest BCUT2D eigenvalue weighted by atomic mass is 10.0. The summed E-state index contributed by atoms with van der Waals surface area (Å²) in [6.07, 6.45) is 2.34. The normalized spacial score (nSPS) is 12.1. The van der Waals surface area contributed by atoms with E-state index < -0.39 is 0 Å². The van der Waals surface area contributed by atoms with E-state index in [0.29, 0.717) is 5.92 Å². The number of benzene rings is 1. The topological polar surface area (TPSA) is 18.5 Å². The molecule has 1 aromatic carbocycles. The standard InChI is InChI=1S/C16H23BrO2/c1-11(2)14(10-17)8-13-6-7-15(19-12(3)4)16(9-13)18-5/h6-9,11-12H,10H2,1-5H3. The maximum Gasteiger partial charge on any atom is 0.161 e. The van der Waals surface area contributed by atoms with Gasteiger partial charge in [0, 0.05) is 5.33 Å². The molecule has 0 aliphatic rings. The molecular formula is C16H23BrO2. The molecule has 1 rings (SSSR count). The van der Waals surface area contributed by atoms with Gasteiger partial charge in [0.2, 0.25) is 0 Å². The van der Waals surface area contributed by atoms with E-state index >= 15 is 0 Å². The van der Waals surface area contributed by atoms with Crippen molar-refractivity contribution in [3.05, 3.63) is 29.3 Å². The highest BCUT2D eigenvalue weighted by Crippen LogP contribution is 2.30. The van der Waals surface area contributed by atoms with Gasteiger partial charge in [-0.3, -0.25) is 0 Å². The molecule has 3 heteroatoms. The van der Waals surface area contributed by atoms with E-state index in [2.05, 4.69) is 41.9 Å². The first-order chi connectivity index (χ1) is 8.97. The fourth-order valence-electron chi connectivity index (χ4n) is 1.70. The smallest absolute Gasteiger partial charge is 0.161 e. The van der Waals surface area contributed by atoms with Crippen LogP contribution in [0.25, 0.3) is 6.08 Å². The zero-order valence-electron chi connectivity index (χ0n) is 12.4. The van der Waals surface area contributed by atoms with E-state index in [1.165, 1.54) is 5.57 Å². The van der Waals surface area contributed by atoms with Crippen molar-refractivity contribution in [1.29, 1.82) is 0 Å². The minimum atomic E-state index is 0.143. The number of rotatable bonds is 6. The number of halogens is 1. The average molecular weight is 327 g/mol. The molecule has 0 bridgehead atoms. The van der Waals surface area contributed by atoms with Gasteiger partial charge >= 0.3 is 0 Å². The summed E-state index contributed by atoms with van der Waals surface area (Å²) < 4.78 is 11.1. The molecule has 0 atom stereocenters. The van der Waals surface area contributed by atoms with Crippen LogP contribution in [0.1, 0.15) is 33.3 Å². The molecule has 0 aliphatic heterocycles. The van der Waals surface area contributed by atoms with E-state index in [9.17, 15) is 0 Å². The third-order valence-electron chi connectivity index (χ3n) is 2.80. The summed E-state index contributed by atoms with van der Waals surface area (Å²) in [5.74, 6) is 2.09. The summed E-state index contributed by atoms with van der Waals surface area (Å²) in [7, 11) is 1.67. The van der Waals surface area contributed by atoms with Crippen molar-refractivity contribution in [2.45, 2.75) is 33.8 Å². The zero-order chi connectivity index (χ0) is 14.4. The minimum Gasteiger partial charge on any atom is -0.493 e. The first-order valence-corrected chi connectivity index (χ1v) is 7.71. The van der Waals surface area contributed by atoms with Crippen LogP contribution in [-0.2, 0) is 0 Å². The van der Waals surface area contributed by atoms with Gasteiger partial charge in [0.1, 0.15) is 0 Å². The van der Waals surface area contributed by atoms with Crippen molar-refractivity contribution in [3.8, 4) is 11.5 Å². The molecule has 0 aromatic heterocycles. The predicted molar refractivity (Wildman–Crippen MR) is 85.4 cm³/mol. The van der Waals surface area contributed by atoms with E-state index in [-0.39, 0.29) is 6.10 Å². The van der Waals surface area contributed by atoms with Crippen molar-refractivity contribution in [2.24, 2.45) is 5.92 Å². The lowest BCUT2D eigenvalue weighted by molar-refractivity contribution is 0.230. The Morgan fingerprint density at radius 2 is 1.89 bits per heavy atom. The Labute approximate surface area is 124 Å². The Bertz CT molecular complexity index is 436. The van der Waals surface area contributed by atoms with Gasteiger partial charge in [-0.1, -0.05) is 47.5 Å². The number of methoxy groups -OCH3 is 1. The maximum atomic E-state index is 5.72. The molecule has 1 aromatic rings. The van der Waals surface area contributed by atoms with Crippen LogP contribution < -0.4 is 9.47 Å². The van der Waals surface area contributed by atoms with Gasteiger partial charge in [0.25, 0.3) is 0 Å². The second kappa shape index (κ2) is 7.59. The lowest BCUT2D eigenvalue weighted by Crippen LogP contribution is -2.06. The van der Waals surface area contributed by atoms with Gasteiger partial charge in [-0.15, -0.1) is 0 Å². The largest absolute Gasteiger partial charge is 0.493 e. The van der Waals surface area contributed by atoms with Crippen molar-refractivity contribution in [1.82, 2.24) is 0 Å². The molecule has 19 heavy (non-hydrogen) atoms. The summed E-state index contributed by atoms with van der Waals surface area (Å²) in [5.41, 5.74) is 2.50. The van der Waals surface area contributed by atoms with Gasteiger partial charge in [0.05, 0.1) is 13.2 Å². The summed E-state index contributed by atoms with van der Waals surface area (Å²) >= 11 is 3.53. The van der Waals surface area contributed by atoms with Crippen LogP contribution in [-0.4, -0.2) is 18.5 Å². The summed E-state index contributed by atoms with van der Waals surface area (Å²) in [5, 5.41) is 0.886. The van der Waals surface area contributed by atoms with E-state index in [0.717, 1.165) is 22.4 Å². The number of ether oxygens (including phenoxy) is 2. The Kier molecular flexibility index (Phi) is 6.43. The van der Waals surface area contributed by atoms with Crippen LogP contribution in [0, 0.1) is 5.92 Å². The second-order valence-corrected chi connectivity index (χ2v) is 5.65. The molecule has 0 unspecified atom stereocenters. The number of alkyl halides is 1. The fourth-order valence-corrected chi connectivity index (χ4v) is 2.51. The second-order valence-electron chi connectivity index (χ2n) is 5.08. The van der Waals surface area contributed by atoms with Crippen molar-refractivity contribution >= 4 is 22.0 Å². The molecule has 0 heterocycles. The summed E-state index contributed by atoms with van der Waals surface area (Å²) in [6.45, 7) is 8.41. The van der Waals surface area contributed by atoms with E-state index in [4.69, 9.17) is 9.47 Å². The maximum absolute atomic E-state index is 5.72. The minimum absolute atomic E-state index is 0.143. The SMILES string of the molecule is COc1cc(C=C(CBr)C(C)C)ccc1OC(C)C.